The van der Waals surface area contributed by atoms with Crippen molar-refractivity contribution in [2.24, 2.45) is 5.10 Å². The number of nitrogens with zero attached hydrogens (tertiary/aromatic N) is 1. The first-order valence-corrected chi connectivity index (χ1v) is 5.67. The summed E-state index contributed by atoms with van der Waals surface area (Å²) in [6.45, 7) is -0.780. The zero-order chi connectivity index (χ0) is 15.1. The first-order valence-electron chi connectivity index (χ1n) is 5.67. The number of carbonyl (C=O) groups is 1. The van der Waals surface area contributed by atoms with E-state index in [-0.39, 0.29) is 5.76 Å². The zero-order valence-corrected chi connectivity index (χ0v) is 10.3. The van der Waals surface area contributed by atoms with E-state index >= 15 is 0 Å². The van der Waals surface area contributed by atoms with Crippen molar-refractivity contribution >= 4 is 12.1 Å². The van der Waals surface area contributed by atoms with Crippen LogP contribution >= 0.6 is 0 Å². The third-order valence-electron chi connectivity index (χ3n) is 2.42. The summed E-state index contributed by atoms with van der Waals surface area (Å²) in [5, 5.41) is 49.3. The Bertz CT molecular complexity index is 434. The summed E-state index contributed by atoms with van der Waals surface area (Å²) in [7, 11) is 0. The smallest absolute Gasteiger partial charge is 0.307 e. The summed E-state index contributed by atoms with van der Waals surface area (Å²) in [5.41, 5.74) is 2.03. The van der Waals surface area contributed by atoms with Gasteiger partial charge < -0.3 is 29.9 Å². The number of aliphatic hydroxyl groups excluding tert-OH is 5. The van der Waals surface area contributed by atoms with Gasteiger partial charge in [-0.15, -0.1) is 0 Å². The molecule has 0 spiro atoms. The van der Waals surface area contributed by atoms with Crippen molar-refractivity contribution in [3.05, 3.63) is 24.2 Å². The fourth-order valence-corrected chi connectivity index (χ4v) is 1.26. The van der Waals surface area contributed by atoms with Gasteiger partial charge in [0.1, 0.15) is 24.4 Å². The maximum absolute atomic E-state index is 11.4. The molecule has 1 aromatic rings. The number of rotatable bonds is 7. The number of furan rings is 1. The molecule has 1 rings (SSSR count). The van der Waals surface area contributed by atoms with Crippen LogP contribution in [0.25, 0.3) is 0 Å². The Morgan fingerprint density at radius 1 is 1.35 bits per heavy atom. The van der Waals surface area contributed by atoms with E-state index < -0.39 is 36.9 Å². The van der Waals surface area contributed by atoms with Gasteiger partial charge in [0.15, 0.2) is 5.76 Å². The molecule has 112 valence electrons. The third-order valence-corrected chi connectivity index (χ3v) is 2.42. The maximum atomic E-state index is 11.4. The van der Waals surface area contributed by atoms with Crippen LogP contribution in [0.5, 0.6) is 0 Å². The van der Waals surface area contributed by atoms with Gasteiger partial charge in [0.25, 0.3) is 0 Å². The van der Waals surface area contributed by atoms with Crippen LogP contribution in [-0.2, 0) is 0 Å². The van der Waals surface area contributed by atoms with Crippen molar-refractivity contribution in [2.45, 2.75) is 24.4 Å². The number of hydrazone groups is 1. The molecule has 0 aliphatic heterocycles. The highest BCUT2D eigenvalue weighted by molar-refractivity contribution is 5.91. The number of hydrogen-bond donors (Lipinski definition) is 6. The fourth-order valence-electron chi connectivity index (χ4n) is 1.26. The van der Waals surface area contributed by atoms with Crippen LogP contribution in [0.15, 0.2) is 27.9 Å². The van der Waals surface area contributed by atoms with Gasteiger partial charge in [0.2, 0.25) is 0 Å². The molecule has 9 heteroatoms. The van der Waals surface area contributed by atoms with Gasteiger partial charge in [0.05, 0.1) is 19.1 Å². The molecule has 9 nitrogen and oxygen atoms in total. The van der Waals surface area contributed by atoms with Crippen LogP contribution in [0.3, 0.4) is 0 Å². The van der Waals surface area contributed by atoms with Crippen molar-refractivity contribution in [3.8, 4) is 0 Å². The van der Waals surface area contributed by atoms with E-state index in [9.17, 15) is 20.1 Å². The molecule has 0 radical (unpaired) electrons. The Labute approximate surface area is 113 Å². The molecule has 0 aliphatic carbocycles. The average Bonchev–Trinajstić information content (AvgIpc) is 2.98. The molecule has 0 aromatic carbocycles. The predicted octanol–water partition coefficient (Wildman–Crippen LogP) is -2.57. The molecule has 0 saturated heterocycles. The highest BCUT2D eigenvalue weighted by Crippen LogP contribution is 2.04. The van der Waals surface area contributed by atoms with Crippen LogP contribution in [0.1, 0.15) is 10.6 Å². The lowest BCUT2D eigenvalue weighted by atomic mass is 10.0. The van der Waals surface area contributed by atoms with Crippen molar-refractivity contribution in [1.82, 2.24) is 5.43 Å². The number of hydrogen-bond acceptors (Lipinski definition) is 8. The molecule has 1 aromatic heterocycles. The molecule has 20 heavy (non-hydrogen) atoms. The van der Waals surface area contributed by atoms with E-state index in [0.29, 0.717) is 0 Å². The minimum absolute atomic E-state index is 0.00734. The Hall–Kier alpha value is -1.78. The Balaban J connectivity index is 2.47. The van der Waals surface area contributed by atoms with Gasteiger partial charge in [-0.05, 0) is 12.1 Å². The Kier molecular flexibility index (Phi) is 6.28. The van der Waals surface area contributed by atoms with E-state index in [1.165, 1.54) is 18.4 Å². The molecule has 1 heterocycles. The quantitative estimate of drug-likeness (QED) is 0.238. The lowest BCUT2D eigenvalue weighted by Crippen LogP contribution is -2.46. The molecular formula is C11H16N2O7. The van der Waals surface area contributed by atoms with Gasteiger partial charge in [-0.25, -0.2) is 5.43 Å². The normalized spacial score (nSPS) is 17.6. The highest BCUT2D eigenvalue weighted by atomic mass is 16.4. The lowest BCUT2D eigenvalue weighted by molar-refractivity contribution is -0.0999. The standard InChI is InChI=1S/C11H16N2O7/c14-5-7(16)10(18)9(17)6(15)4-12-13-11(19)8-2-1-3-20-8/h1-4,6-7,9-10,14-18H,5H2,(H,13,19)/b12-4-/t6-,7-,9+,10-/m1/s1. The second-order valence-electron chi connectivity index (χ2n) is 3.92. The molecule has 4 atom stereocenters. The number of aliphatic hydroxyl groups is 5. The van der Waals surface area contributed by atoms with E-state index in [4.69, 9.17) is 14.6 Å². The van der Waals surface area contributed by atoms with Gasteiger partial charge in [0, 0.05) is 0 Å². The fraction of sp³-hybridized carbons (Fsp3) is 0.455. The van der Waals surface area contributed by atoms with Gasteiger partial charge in [-0.1, -0.05) is 0 Å². The highest BCUT2D eigenvalue weighted by Gasteiger charge is 2.29. The topological polar surface area (TPSA) is 156 Å². The van der Waals surface area contributed by atoms with Crippen LogP contribution in [0.2, 0.25) is 0 Å². The summed E-state index contributed by atoms with van der Waals surface area (Å²) < 4.78 is 4.79. The average molecular weight is 288 g/mol. The van der Waals surface area contributed by atoms with E-state index in [1.807, 2.05) is 5.43 Å². The summed E-state index contributed by atoms with van der Waals surface area (Å²) in [4.78, 5) is 11.4. The van der Waals surface area contributed by atoms with Crippen LogP contribution in [0, 0.1) is 0 Å². The van der Waals surface area contributed by atoms with Crippen LogP contribution in [-0.4, -0.2) is 68.7 Å². The summed E-state index contributed by atoms with van der Waals surface area (Å²) in [6, 6.07) is 2.90. The van der Waals surface area contributed by atoms with Crippen molar-refractivity contribution < 1.29 is 34.7 Å². The van der Waals surface area contributed by atoms with Gasteiger partial charge in [-0.3, -0.25) is 4.79 Å². The molecular weight excluding hydrogens is 272 g/mol. The van der Waals surface area contributed by atoms with Crippen LogP contribution < -0.4 is 5.43 Å². The molecule has 6 N–H and O–H groups in total. The minimum atomic E-state index is -1.78. The molecule has 0 fully saturated rings. The Morgan fingerprint density at radius 3 is 2.60 bits per heavy atom. The maximum Gasteiger partial charge on any atom is 0.307 e. The SMILES string of the molecule is O=C(N/N=C\[C@@H](O)[C@H](O)[C@H](O)[C@H](O)CO)c1ccco1. The van der Waals surface area contributed by atoms with Crippen molar-refractivity contribution in [3.63, 3.8) is 0 Å². The third kappa shape index (κ3) is 4.40. The van der Waals surface area contributed by atoms with Crippen molar-refractivity contribution in [1.29, 1.82) is 0 Å². The van der Waals surface area contributed by atoms with E-state index in [2.05, 4.69) is 5.10 Å². The first kappa shape index (κ1) is 16.3. The lowest BCUT2D eigenvalue weighted by Gasteiger charge is -2.23. The van der Waals surface area contributed by atoms with E-state index in [1.54, 1.807) is 0 Å². The van der Waals surface area contributed by atoms with Gasteiger partial charge in [-0.2, -0.15) is 5.10 Å². The molecule has 0 unspecified atom stereocenters. The van der Waals surface area contributed by atoms with Crippen LogP contribution in [0.4, 0.5) is 0 Å². The van der Waals surface area contributed by atoms with Crippen molar-refractivity contribution in [2.75, 3.05) is 6.61 Å². The van der Waals surface area contributed by atoms with E-state index in [0.717, 1.165) is 6.21 Å². The molecule has 0 bridgehead atoms. The first-order chi connectivity index (χ1) is 9.47. The largest absolute Gasteiger partial charge is 0.459 e. The summed E-state index contributed by atoms with van der Waals surface area (Å²) in [5.74, 6) is -0.656. The number of nitrogens with one attached hydrogen (secondary N) is 1. The predicted molar refractivity (Wildman–Crippen MR) is 65.8 cm³/mol. The number of amides is 1. The van der Waals surface area contributed by atoms with Gasteiger partial charge >= 0.3 is 5.91 Å². The second-order valence-corrected chi connectivity index (χ2v) is 3.92. The monoisotopic (exact) mass is 288 g/mol. The summed E-state index contributed by atoms with van der Waals surface area (Å²) in [6.07, 6.45) is -4.74. The minimum Gasteiger partial charge on any atom is -0.459 e. The molecule has 1 amide bonds. The zero-order valence-electron chi connectivity index (χ0n) is 10.3. The second kappa shape index (κ2) is 7.72. The Morgan fingerprint density at radius 2 is 2.05 bits per heavy atom. The molecule has 0 saturated carbocycles. The molecule has 0 aliphatic rings. The number of carbonyl (C=O) groups excluding carboxylic acids is 1. The summed E-state index contributed by atoms with van der Waals surface area (Å²) >= 11 is 0.